The molecule has 0 bridgehead atoms. The van der Waals surface area contributed by atoms with Crippen LogP contribution in [-0.2, 0) is 4.79 Å². The molecule has 0 aromatic heterocycles. The summed E-state index contributed by atoms with van der Waals surface area (Å²) in [6.07, 6.45) is 4.02. The van der Waals surface area contributed by atoms with Crippen LogP contribution in [0.3, 0.4) is 0 Å². The molecule has 1 amide bonds. The van der Waals surface area contributed by atoms with Gasteiger partial charge in [0.05, 0.1) is 5.69 Å². The van der Waals surface area contributed by atoms with E-state index in [4.69, 9.17) is 0 Å². The van der Waals surface area contributed by atoms with Crippen LogP contribution in [0.1, 0.15) is 32.6 Å². The number of rotatable bonds is 2. The number of benzene rings is 1. The minimum atomic E-state index is -0.169. The second-order valence-electron chi connectivity index (χ2n) is 6.74. The van der Waals surface area contributed by atoms with Crippen LogP contribution < -0.4 is 4.90 Å². The lowest BCUT2D eigenvalue weighted by molar-refractivity contribution is -0.137. The molecule has 22 heavy (non-hydrogen) atoms. The Morgan fingerprint density at radius 1 is 1.14 bits per heavy atom. The molecule has 120 valence electrons. The van der Waals surface area contributed by atoms with E-state index in [0.717, 1.165) is 45.4 Å². The number of piperidine rings is 2. The molecular formula is C18H25FN2O. The van der Waals surface area contributed by atoms with Crippen LogP contribution in [0.2, 0.25) is 0 Å². The molecule has 0 N–H and O–H groups in total. The molecule has 4 heteroatoms. The zero-order chi connectivity index (χ0) is 15.5. The van der Waals surface area contributed by atoms with Crippen molar-refractivity contribution in [1.29, 1.82) is 0 Å². The van der Waals surface area contributed by atoms with E-state index in [1.165, 1.54) is 12.5 Å². The van der Waals surface area contributed by atoms with Gasteiger partial charge in [-0.25, -0.2) is 4.39 Å². The van der Waals surface area contributed by atoms with Gasteiger partial charge in [0.15, 0.2) is 0 Å². The maximum absolute atomic E-state index is 13.8. The van der Waals surface area contributed by atoms with Gasteiger partial charge in [-0.2, -0.15) is 0 Å². The molecule has 0 saturated carbocycles. The van der Waals surface area contributed by atoms with E-state index in [1.54, 1.807) is 6.07 Å². The van der Waals surface area contributed by atoms with Crippen LogP contribution >= 0.6 is 0 Å². The molecule has 2 saturated heterocycles. The zero-order valence-electron chi connectivity index (χ0n) is 13.3. The van der Waals surface area contributed by atoms with Crippen LogP contribution in [0.15, 0.2) is 24.3 Å². The van der Waals surface area contributed by atoms with Crippen molar-refractivity contribution in [3.8, 4) is 0 Å². The molecule has 0 spiro atoms. The first-order valence-electron chi connectivity index (χ1n) is 8.43. The van der Waals surface area contributed by atoms with Crippen molar-refractivity contribution in [3.63, 3.8) is 0 Å². The summed E-state index contributed by atoms with van der Waals surface area (Å²) in [6.45, 7) is 5.57. The highest BCUT2D eigenvalue weighted by atomic mass is 19.1. The van der Waals surface area contributed by atoms with Crippen molar-refractivity contribution in [2.75, 3.05) is 31.1 Å². The predicted octanol–water partition coefficient (Wildman–Crippen LogP) is 3.30. The third kappa shape index (κ3) is 3.26. The van der Waals surface area contributed by atoms with E-state index in [9.17, 15) is 9.18 Å². The smallest absolute Gasteiger partial charge is 0.225 e. The van der Waals surface area contributed by atoms with Crippen molar-refractivity contribution >= 4 is 11.6 Å². The lowest BCUT2D eigenvalue weighted by Crippen LogP contribution is -2.46. The quantitative estimate of drug-likeness (QED) is 0.837. The van der Waals surface area contributed by atoms with Gasteiger partial charge in [-0.1, -0.05) is 19.1 Å². The standard InChI is InChI=1S/C18H25FN2O/c1-14-5-4-10-21(13-14)18(22)15-8-11-20(12-9-15)17-7-3-2-6-16(17)19/h2-3,6-7,14-15H,4-5,8-13H2,1H3. The summed E-state index contributed by atoms with van der Waals surface area (Å²) in [5.41, 5.74) is 0.667. The highest BCUT2D eigenvalue weighted by molar-refractivity contribution is 5.79. The van der Waals surface area contributed by atoms with Gasteiger partial charge in [-0.05, 0) is 43.7 Å². The van der Waals surface area contributed by atoms with Gasteiger partial charge < -0.3 is 9.80 Å². The molecular weight excluding hydrogens is 279 g/mol. The van der Waals surface area contributed by atoms with E-state index in [0.29, 0.717) is 17.5 Å². The number of nitrogens with zero attached hydrogens (tertiary/aromatic N) is 2. The molecule has 0 aliphatic carbocycles. The third-order valence-corrected chi connectivity index (χ3v) is 5.01. The molecule has 2 fully saturated rings. The van der Waals surface area contributed by atoms with Gasteiger partial charge in [0.1, 0.15) is 5.82 Å². The third-order valence-electron chi connectivity index (χ3n) is 5.01. The largest absolute Gasteiger partial charge is 0.369 e. The number of amides is 1. The summed E-state index contributed by atoms with van der Waals surface area (Å²) < 4.78 is 13.8. The van der Waals surface area contributed by atoms with Gasteiger partial charge in [-0.15, -0.1) is 0 Å². The molecule has 3 rings (SSSR count). The van der Waals surface area contributed by atoms with Crippen molar-refractivity contribution in [2.45, 2.75) is 32.6 Å². The van der Waals surface area contributed by atoms with Gasteiger partial charge >= 0.3 is 0 Å². The molecule has 1 aromatic rings. The van der Waals surface area contributed by atoms with Crippen LogP contribution in [0.4, 0.5) is 10.1 Å². The highest BCUT2D eigenvalue weighted by Crippen LogP contribution is 2.27. The van der Waals surface area contributed by atoms with Crippen LogP contribution in [0.5, 0.6) is 0 Å². The first-order chi connectivity index (χ1) is 10.6. The Bertz CT molecular complexity index is 526. The predicted molar refractivity (Wildman–Crippen MR) is 86.3 cm³/mol. The van der Waals surface area contributed by atoms with Gasteiger partial charge in [0, 0.05) is 32.1 Å². The second-order valence-corrected chi connectivity index (χ2v) is 6.74. The minimum Gasteiger partial charge on any atom is -0.369 e. The van der Waals surface area contributed by atoms with E-state index >= 15 is 0 Å². The summed E-state index contributed by atoms with van der Waals surface area (Å²) in [6, 6.07) is 6.91. The summed E-state index contributed by atoms with van der Waals surface area (Å²) in [4.78, 5) is 16.8. The monoisotopic (exact) mass is 304 g/mol. The number of carbonyl (C=O) groups excluding carboxylic acids is 1. The van der Waals surface area contributed by atoms with E-state index < -0.39 is 0 Å². The molecule has 3 nitrogen and oxygen atoms in total. The fraction of sp³-hybridized carbons (Fsp3) is 0.611. The lowest BCUT2D eigenvalue weighted by atomic mass is 9.92. The summed E-state index contributed by atoms with van der Waals surface area (Å²) in [5.74, 6) is 0.890. The molecule has 2 aliphatic heterocycles. The van der Waals surface area contributed by atoms with Gasteiger partial charge in [0.2, 0.25) is 5.91 Å². The Labute approximate surface area is 132 Å². The summed E-state index contributed by atoms with van der Waals surface area (Å²) >= 11 is 0. The maximum Gasteiger partial charge on any atom is 0.225 e. The zero-order valence-corrected chi connectivity index (χ0v) is 13.3. The Kier molecular flexibility index (Phi) is 4.65. The SMILES string of the molecule is CC1CCCN(C(=O)C2CCN(c3ccccc3F)CC2)C1. The van der Waals surface area contributed by atoms with Crippen molar-refractivity contribution in [2.24, 2.45) is 11.8 Å². The molecule has 2 aliphatic rings. The minimum absolute atomic E-state index is 0.119. The maximum atomic E-state index is 13.8. The normalized spacial score (nSPS) is 23.6. The van der Waals surface area contributed by atoms with Gasteiger partial charge in [0.25, 0.3) is 0 Å². The summed E-state index contributed by atoms with van der Waals surface area (Å²) in [7, 11) is 0. The number of hydrogen-bond donors (Lipinski definition) is 0. The Morgan fingerprint density at radius 2 is 1.86 bits per heavy atom. The Balaban J connectivity index is 1.57. The van der Waals surface area contributed by atoms with Crippen molar-refractivity contribution < 1.29 is 9.18 Å². The number of hydrogen-bond acceptors (Lipinski definition) is 2. The van der Waals surface area contributed by atoms with E-state index in [-0.39, 0.29) is 11.7 Å². The lowest BCUT2D eigenvalue weighted by Gasteiger charge is -2.37. The van der Waals surface area contributed by atoms with E-state index in [1.807, 2.05) is 12.1 Å². The number of para-hydroxylation sites is 1. The average Bonchev–Trinajstić information content (AvgIpc) is 2.55. The average molecular weight is 304 g/mol. The van der Waals surface area contributed by atoms with Crippen LogP contribution in [-0.4, -0.2) is 37.0 Å². The van der Waals surface area contributed by atoms with Crippen LogP contribution in [0.25, 0.3) is 0 Å². The highest BCUT2D eigenvalue weighted by Gasteiger charge is 2.30. The molecule has 2 heterocycles. The number of carbonyl (C=O) groups is 1. The fourth-order valence-corrected chi connectivity index (χ4v) is 3.72. The molecule has 1 atom stereocenters. The van der Waals surface area contributed by atoms with Crippen molar-refractivity contribution in [3.05, 3.63) is 30.1 Å². The van der Waals surface area contributed by atoms with Crippen molar-refractivity contribution in [1.82, 2.24) is 4.90 Å². The fourth-order valence-electron chi connectivity index (χ4n) is 3.72. The number of halogens is 1. The number of likely N-dealkylation sites (tertiary alicyclic amines) is 1. The molecule has 0 radical (unpaired) electrons. The Hall–Kier alpha value is -1.58. The molecule has 1 unspecified atom stereocenters. The van der Waals surface area contributed by atoms with E-state index in [2.05, 4.69) is 16.7 Å². The number of anilines is 1. The molecule has 1 aromatic carbocycles. The summed E-state index contributed by atoms with van der Waals surface area (Å²) in [5, 5.41) is 0. The van der Waals surface area contributed by atoms with Crippen LogP contribution in [0, 0.1) is 17.7 Å². The topological polar surface area (TPSA) is 23.6 Å². The second kappa shape index (κ2) is 6.67. The Morgan fingerprint density at radius 3 is 2.55 bits per heavy atom. The first kappa shape index (κ1) is 15.3. The first-order valence-corrected chi connectivity index (χ1v) is 8.43. The van der Waals surface area contributed by atoms with Gasteiger partial charge in [-0.3, -0.25) is 4.79 Å².